The molecule has 0 radical (unpaired) electrons. The first-order valence-corrected chi connectivity index (χ1v) is 8.14. The summed E-state index contributed by atoms with van der Waals surface area (Å²) < 4.78 is 10.7. The summed E-state index contributed by atoms with van der Waals surface area (Å²) in [5, 5.41) is 3.79. The summed E-state index contributed by atoms with van der Waals surface area (Å²) in [6, 6.07) is 1.35. The summed E-state index contributed by atoms with van der Waals surface area (Å²) in [7, 11) is 3.51. The van der Waals surface area contributed by atoms with Crippen LogP contribution in [0.3, 0.4) is 0 Å². The van der Waals surface area contributed by atoms with Crippen molar-refractivity contribution in [2.24, 2.45) is 11.8 Å². The number of rotatable bonds is 7. The number of nitrogens with zero attached hydrogens (tertiary/aromatic N) is 1. The van der Waals surface area contributed by atoms with Crippen LogP contribution in [0, 0.1) is 11.8 Å². The number of ether oxygens (including phenoxy) is 2. The van der Waals surface area contributed by atoms with Gasteiger partial charge in [-0.2, -0.15) is 0 Å². The van der Waals surface area contributed by atoms with Gasteiger partial charge in [-0.25, -0.2) is 0 Å². The second-order valence-corrected chi connectivity index (χ2v) is 6.75. The average molecular weight is 284 g/mol. The lowest BCUT2D eigenvalue weighted by Crippen LogP contribution is -2.59. The second-order valence-electron chi connectivity index (χ2n) is 6.75. The molecule has 0 aromatic heterocycles. The third kappa shape index (κ3) is 3.94. The third-order valence-corrected chi connectivity index (χ3v) is 5.10. The van der Waals surface area contributed by atoms with E-state index < -0.39 is 0 Å². The van der Waals surface area contributed by atoms with Crippen LogP contribution in [0.5, 0.6) is 0 Å². The molecule has 0 aromatic rings. The number of piperidine rings is 1. The smallest absolute Gasteiger partial charge is 0.0928 e. The Kier molecular flexibility index (Phi) is 6.27. The second kappa shape index (κ2) is 7.74. The minimum atomic E-state index is 0.170. The molecule has 2 aliphatic rings. The van der Waals surface area contributed by atoms with E-state index in [0.717, 1.165) is 18.4 Å². The van der Waals surface area contributed by atoms with Crippen molar-refractivity contribution in [1.29, 1.82) is 0 Å². The van der Waals surface area contributed by atoms with Gasteiger partial charge in [0.1, 0.15) is 0 Å². The van der Waals surface area contributed by atoms with Crippen LogP contribution in [0.25, 0.3) is 0 Å². The monoisotopic (exact) mass is 284 g/mol. The molecule has 0 aromatic carbocycles. The lowest BCUT2D eigenvalue weighted by Gasteiger charge is -2.49. The van der Waals surface area contributed by atoms with Crippen LogP contribution in [0.2, 0.25) is 0 Å². The number of hydrogen-bond acceptors (Lipinski definition) is 4. The Hall–Kier alpha value is -0.160. The first-order valence-electron chi connectivity index (χ1n) is 8.14. The van der Waals surface area contributed by atoms with Crippen LogP contribution in [0.1, 0.15) is 33.1 Å². The molecule has 1 aliphatic carbocycles. The van der Waals surface area contributed by atoms with E-state index in [4.69, 9.17) is 9.47 Å². The number of nitrogens with one attached hydrogen (secondary N) is 1. The molecule has 3 unspecified atom stereocenters. The zero-order valence-corrected chi connectivity index (χ0v) is 13.6. The molecule has 0 spiro atoms. The van der Waals surface area contributed by atoms with Gasteiger partial charge < -0.3 is 19.7 Å². The zero-order chi connectivity index (χ0) is 14.5. The molecule has 3 atom stereocenters. The van der Waals surface area contributed by atoms with Crippen molar-refractivity contribution in [3.63, 3.8) is 0 Å². The van der Waals surface area contributed by atoms with Crippen molar-refractivity contribution in [2.75, 3.05) is 40.5 Å². The Balaban J connectivity index is 1.88. The van der Waals surface area contributed by atoms with E-state index in [0.29, 0.717) is 18.7 Å². The van der Waals surface area contributed by atoms with Crippen LogP contribution in [0.15, 0.2) is 0 Å². The van der Waals surface area contributed by atoms with Gasteiger partial charge in [0.15, 0.2) is 0 Å². The fourth-order valence-electron chi connectivity index (χ4n) is 3.89. The van der Waals surface area contributed by atoms with Crippen molar-refractivity contribution >= 4 is 0 Å². The van der Waals surface area contributed by atoms with E-state index in [2.05, 4.69) is 24.1 Å². The van der Waals surface area contributed by atoms with Crippen LogP contribution in [0.4, 0.5) is 0 Å². The molecule has 118 valence electrons. The molecule has 2 rings (SSSR count). The molecule has 20 heavy (non-hydrogen) atoms. The van der Waals surface area contributed by atoms with Crippen molar-refractivity contribution in [1.82, 2.24) is 10.2 Å². The maximum Gasteiger partial charge on any atom is 0.0928 e. The number of methoxy groups -OCH3 is 2. The molecule has 2 fully saturated rings. The summed E-state index contributed by atoms with van der Waals surface area (Å²) in [5.41, 5.74) is 0. The van der Waals surface area contributed by atoms with Crippen LogP contribution >= 0.6 is 0 Å². The lowest BCUT2D eigenvalue weighted by molar-refractivity contribution is 0.00303. The number of likely N-dealkylation sites (tertiary alicyclic amines) is 1. The largest absolute Gasteiger partial charge is 0.382 e. The molecule has 1 saturated heterocycles. The van der Waals surface area contributed by atoms with Crippen LogP contribution in [-0.2, 0) is 9.47 Å². The van der Waals surface area contributed by atoms with Crippen molar-refractivity contribution in [3.8, 4) is 0 Å². The fraction of sp³-hybridized carbons (Fsp3) is 1.00. The summed E-state index contributed by atoms with van der Waals surface area (Å²) in [5.74, 6) is 1.62. The van der Waals surface area contributed by atoms with E-state index in [9.17, 15) is 0 Å². The Morgan fingerprint density at radius 2 is 1.80 bits per heavy atom. The van der Waals surface area contributed by atoms with Gasteiger partial charge in [0.05, 0.1) is 12.7 Å². The molecule has 1 aliphatic heterocycles. The van der Waals surface area contributed by atoms with Crippen molar-refractivity contribution < 1.29 is 9.47 Å². The molecule has 4 nitrogen and oxygen atoms in total. The van der Waals surface area contributed by atoms with E-state index >= 15 is 0 Å². The van der Waals surface area contributed by atoms with E-state index in [1.165, 1.54) is 32.4 Å². The minimum absolute atomic E-state index is 0.170. The van der Waals surface area contributed by atoms with Gasteiger partial charge in [-0.05, 0) is 38.5 Å². The Morgan fingerprint density at radius 1 is 1.15 bits per heavy atom. The third-order valence-electron chi connectivity index (χ3n) is 5.10. The molecule has 4 heteroatoms. The van der Waals surface area contributed by atoms with Gasteiger partial charge in [-0.15, -0.1) is 0 Å². The molecule has 1 heterocycles. The highest BCUT2D eigenvalue weighted by atomic mass is 16.5. The molecular formula is C16H32N2O2. The maximum atomic E-state index is 5.47. The maximum absolute atomic E-state index is 5.47. The van der Waals surface area contributed by atoms with Gasteiger partial charge in [0.25, 0.3) is 0 Å². The Bertz CT molecular complexity index is 272. The number of fused-ring (bicyclic) bond motifs is 2. The summed E-state index contributed by atoms with van der Waals surface area (Å²) in [6.45, 7) is 8.74. The first kappa shape index (κ1) is 16.2. The van der Waals surface area contributed by atoms with Gasteiger partial charge >= 0.3 is 0 Å². The molecule has 1 saturated carbocycles. The van der Waals surface area contributed by atoms with E-state index in [1.807, 2.05) is 0 Å². The standard InChI is InChI=1S/C16H32N2O2/c1-12(2)18-9-13-6-5-7-14(10-18)16(13)17-8-15(20-4)11-19-3/h12-17H,5-11H2,1-4H3. The van der Waals surface area contributed by atoms with Gasteiger partial charge in [-0.1, -0.05) is 6.42 Å². The highest BCUT2D eigenvalue weighted by molar-refractivity contribution is 4.95. The summed E-state index contributed by atoms with van der Waals surface area (Å²) >= 11 is 0. The summed E-state index contributed by atoms with van der Waals surface area (Å²) in [6.07, 6.45) is 4.33. The molecule has 0 amide bonds. The van der Waals surface area contributed by atoms with Gasteiger partial charge in [-0.3, -0.25) is 0 Å². The molecule has 1 N–H and O–H groups in total. The van der Waals surface area contributed by atoms with E-state index in [-0.39, 0.29) is 6.10 Å². The summed E-state index contributed by atoms with van der Waals surface area (Å²) in [4.78, 5) is 2.66. The SMILES string of the molecule is COCC(CNC1C2CCCC1CN(C(C)C)C2)OC. The average Bonchev–Trinajstić information content (AvgIpc) is 2.42. The quantitative estimate of drug-likeness (QED) is 0.772. The van der Waals surface area contributed by atoms with Gasteiger partial charge in [0.2, 0.25) is 0 Å². The zero-order valence-electron chi connectivity index (χ0n) is 13.6. The molecular weight excluding hydrogens is 252 g/mol. The van der Waals surface area contributed by atoms with Crippen molar-refractivity contribution in [3.05, 3.63) is 0 Å². The van der Waals surface area contributed by atoms with Crippen LogP contribution < -0.4 is 5.32 Å². The Morgan fingerprint density at radius 3 is 2.30 bits per heavy atom. The topological polar surface area (TPSA) is 33.7 Å². The minimum Gasteiger partial charge on any atom is -0.382 e. The Labute approximate surface area is 124 Å². The van der Waals surface area contributed by atoms with Crippen LogP contribution in [-0.4, -0.2) is 63.5 Å². The fourth-order valence-corrected chi connectivity index (χ4v) is 3.89. The number of hydrogen-bond donors (Lipinski definition) is 1. The predicted octanol–water partition coefficient (Wildman–Crippen LogP) is 1.75. The first-order chi connectivity index (χ1) is 9.65. The lowest BCUT2D eigenvalue weighted by atomic mass is 9.73. The highest BCUT2D eigenvalue weighted by Crippen LogP contribution is 2.35. The predicted molar refractivity (Wildman–Crippen MR) is 82.0 cm³/mol. The molecule has 2 bridgehead atoms. The van der Waals surface area contributed by atoms with E-state index in [1.54, 1.807) is 14.2 Å². The van der Waals surface area contributed by atoms with Gasteiger partial charge in [0, 0.05) is 45.9 Å². The highest BCUT2D eigenvalue weighted by Gasteiger charge is 2.39. The normalized spacial score (nSPS) is 32.5. The van der Waals surface area contributed by atoms with Crippen molar-refractivity contribution in [2.45, 2.75) is 51.3 Å².